The number of nitrogens with zero attached hydrogens (tertiary/aromatic N) is 1. The molecule has 0 aliphatic rings. The number of nitrogens with one attached hydrogen (secondary N) is 2. The van der Waals surface area contributed by atoms with Crippen molar-refractivity contribution in [2.75, 3.05) is 34.2 Å². The van der Waals surface area contributed by atoms with E-state index in [1.54, 1.807) is 14.1 Å². The van der Waals surface area contributed by atoms with Crippen LogP contribution in [0.1, 0.15) is 13.8 Å². The molecule has 15 heavy (non-hydrogen) atoms. The van der Waals surface area contributed by atoms with Gasteiger partial charge in [0.2, 0.25) is 0 Å². The molecule has 0 rings (SSSR count). The van der Waals surface area contributed by atoms with Gasteiger partial charge in [-0.2, -0.15) is 0 Å². The fraction of sp³-hybridized carbons (Fsp3) is 0.800. The number of rotatable bonds is 4. The average molecular weight is 215 g/mol. The van der Waals surface area contributed by atoms with E-state index in [-0.39, 0.29) is 5.41 Å². The summed E-state index contributed by atoms with van der Waals surface area (Å²) in [6, 6.07) is 0. The Morgan fingerprint density at radius 1 is 1.20 bits per heavy atom. The molecule has 0 aliphatic carbocycles. The Kier molecular flexibility index (Phi) is 5.28. The minimum atomic E-state index is -0.552. The predicted octanol–water partition coefficient (Wildman–Crippen LogP) is -0.564. The van der Waals surface area contributed by atoms with Gasteiger partial charge in [0.05, 0.1) is 0 Å². The Balaban J connectivity index is 4.06. The van der Waals surface area contributed by atoms with E-state index in [0.29, 0.717) is 6.54 Å². The molecule has 2 amide bonds. The maximum atomic E-state index is 11.3. The molecule has 0 aromatic rings. The summed E-state index contributed by atoms with van der Waals surface area (Å²) in [7, 11) is 4.97. The Morgan fingerprint density at radius 2 is 1.73 bits per heavy atom. The number of likely N-dealkylation sites (N-methyl/N-ethyl adjacent to an activating group) is 1. The maximum Gasteiger partial charge on any atom is 0.311 e. The molecule has 88 valence electrons. The van der Waals surface area contributed by atoms with E-state index in [2.05, 4.69) is 10.6 Å². The summed E-state index contributed by atoms with van der Waals surface area (Å²) in [6.07, 6.45) is 0. The van der Waals surface area contributed by atoms with Gasteiger partial charge in [0.1, 0.15) is 0 Å². The van der Waals surface area contributed by atoms with Gasteiger partial charge in [-0.05, 0) is 12.5 Å². The van der Waals surface area contributed by atoms with Crippen molar-refractivity contribution < 1.29 is 9.59 Å². The van der Waals surface area contributed by atoms with Gasteiger partial charge >= 0.3 is 11.8 Å². The van der Waals surface area contributed by atoms with Crippen LogP contribution >= 0.6 is 0 Å². The van der Waals surface area contributed by atoms with Crippen LogP contribution in [-0.4, -0.2) is 50.9 Å². The van der Waals surface area contributed by atoms with Crippen molar-refractivity contribution >= 4 is 11.8 Å². The van der Waals surface area contributed by atoms with Gasteiger partial charge in [-0.15, -0.1) is 0 Å². The highest BCUT2D eigenvalue weighted by atomic mass is 16.2. The van der Waals surface area contributed by atoms with Crippen molar-refractivity contribution in [2.24, 2.45) is 5.41 Å². The molecule has 2 N–H and O–H groups in total. The van der Waals surface area contributed by atoms with E-state index >= 15 is 0 Å². The van der Waals surface area contributed by atoms with Crippen LogP contribution in [0.15, 0.2) is 0 Å². The summed E-state index contributed by atoms with van der Waals surface area (Å²) in [6.45, 7) is 5.30. The van der Waals surface area contributed by atoms with Gasteiger partial charge in [0.15, 0.2) is 0 Å². The second kappa shape index (κ2) is 5.70. The third-order valence-corrected chi connectivity index (χ3v) is 1.98. The molecule has 0 aromatic heterocycles. The molecule has 0 bridgehead atoms. The van der Waals surface area contributed by atoms with Crippen LogP contribution in [-0.2, 0) is 9.59 Å². The highest BCUT2D eigenvalue weighted by Crippen LogP contribution is 2.10. The van der Waals surface area contributed by atoms with E-state index in [0.717, 1.165) is 6.54 Å². The first kappa shape index (κ1) is 13.9. The van der Waals surface area contributed by atoms with Crippen LogP contribution in [0, 0.1) is 5.41 Å². The van der Waals surface area contributed by atoms with Gasteiger partial charge in [0, 0.05) is 27.2 Å². The summed E-state index contributed by atoms with van der Waals surface area (Å²) < 4.78 is 0. The van der Waals surface area contributed by atoms with E-state index in [9.17, 15) is 9.59 Å². The zero-order valence-corrected chi connectivity index (χ0v) is 10.2. The molecule has 5 heteroatoms. The first-order valence-corrected chi connectivity index (χ1v) is 4.94. The lowest BCUT2D eigenvalue weighted by Crippen LogP contribution is -2.45. The molecule has 5 nitrogen and oxygen atoms in total. The van der Waals surface area contributed by atoms with Crippen LogP contribution in [0.25, 0.3) is 0 Å². The summed E-state index contributed by atoms with van der Waals surface area (Å²) >= 11 is 0. The monoisotopic (exact) mass is 215 g/mol. The van der Waals surface area contributed by atoms with Crippen molar-refractivity contribution in [1.82, 2.24) is 15.5 Å². The Labute approximate surface area is 91.2 Å². The molecule has 0 radical (unpaired) electrons. The zero-order valence-electron chi connectivity index (χ0n) is 10.2. The third-order valence-electron chi connectivity index (χ3n) is 1.98. The lowest BCUT2D eigenvalue weighted by molar-refractivity contribution is -0.144. The molecule has 0 spiro atoms. The zero-order chi connectivity index (χ0) is 12.1. The van der Waals surface area contributed by atoms with Crippen molar-refractivity contribution in [3.8, 4) is 0 Å². The van der Waals surface area contributed by atoms with Crippen LogP contribution in [0.4, 0.5) is 0 Å². The highest BCUT2D eigenvalue weighted by molar-refractivity contribution is 6.34. The molecule has 0 atom stereocenters. The van der Waals surface area contributed by atoms with Crippen LogP contribution in [0.3, 0.4) is 0 Å². The van der Waals surface area contributed by atoms with Crippen LogP contribution in [0.2, 0.25) is 0 Å². The fourth-order valence-electron chi connectivity index (χ4n) is 1.14. The largest absolute Gasteiger partial charge is 0.347 e. The summed E-state index contributed by atoms with van der Waals surface area (Å²) in [5, 5.41) is 5.66. The third kappa shape index (κ3) is 5.37. The summed E-state index contributed by atoms with van der Waals surface area (Å²) in [5.41, 5.74) is -0.0585. The van der Waals surface area contributed by atoms with Gasteiger partial charge in [-0.3, -0.25) is 9.59 Å². The van der Waals surface area contributed by atoms with Crippen molar-refractivity contribution in [3.05, 3.63) is 0 Å². The molecule has 0 unspecified atom stereocenters. The molecular formula is C10H21N3O2. The van der Waals surface area contributed by atoms with Gasteiger partial charge in [-0.1, -0.05) is 13.8 Å². The number of hydrogen-bond acceptors (Lipinski definition) is 3. The molecule has 0 saturated heterocycles. The Bertz CT molecular complexity index is 237. The number of hydrogen-bond donors (Lipinski definition) is 2. The van der Waals surface area contributed by atoms with E-state index in [1.165, 1.54) is 4.90 Å². The fourth-order valence-corrected chi connectivity index (χ4v) is 1.14. The normalized spacial score (nSPS) is 11.0. The second-order valence-corrected chi connectivity index (χ2v) is 4.58. The Hall–Kier alpha value is -1.10. The van der Waals surface area contributed by atoms with Crippen molar-refractivity contribution in [3.63, 3.8) is 0 Å². The quantitative estimate of drug-likeness (QED) is 0.618. The minimum absolute atomic E-state index is 0.0585. The van der Waals surface area contributed by atoms with Crippen LogP contribution < -0.4 is 10.6 Å². The van der Waals surface area contributed by atoms with E-state index in [4.69, 9.17) is 0 Å². The lowest BCUT2D eigenvalue weighted by Gasteiger charge is -2.24. The lowest BCUT2D eigenvalue weighted by atomic mass is 9.93. The summed E-state index contributed by atoms with van der Waals surface area (Å²) in [4.78, 5) is 23.8. The first-order chi connectivity index (χ1) is 6.80. The first-order valence-electron chi connectivity index (χ1n) is 4.94. The molecular weight excluding hydrogens is 194 g/mol. The molecule has 0 aliphatic heterocycles. The molecule has 0 saturated carbocycles. The van der Waals surface area contributed by atoms with Gasteiger partial charge in [0.25, 0.3) is 0 Å². The maximum absolute atomic E-state index is 11.3. The second-order valence-electron chi connectivity index (χ2n) is 4.58. The minimum Gasteiger partial charge on any atom is -0.347 e. The standard InChI is InChI=1S/C10H21N3O2/c1-10(2,6-11-3)7-12-8(14)9(15)13(4)5/h11H,6-7H2,1-5H3,(H,12,14). The topological polar surface area (TPSA) is 61.4 Å². The number of carbonyl (C=O) groups is 2. The highest BCUT2D eigenvalue weighted by Gasteiger charge is 2.21. The molecule has 0 heterocycles. The van der Waals surface area contributed by atoms with E-state index < -0.39 is 11.8 Å². The van der Waals surface area contributed by atoms with Gasteiger partial charge in [-0.25, -0.2) is 0 Å². The summed E-state index contributed by atoms with van der Waals surface area (Å²) in [5.74, 6) is -1.07. The average Bonchev–Trinajstić information content (AvgIpc) is 2.13. The van der Waals surface area contributed by atoms with Gasteiger partial charge < -0.3 is 15.5 Å². The van der Waals surface area contributed by atoms with Crippen molar-refractivity contribution in [2.45, 2.75) is 13.8 Å². The molecule has 0 fully saturated rings. The Morgan fingerprint density at radius 3 is 2.13 bits per heavy atom. The van der Waals surface area contributed by atoms with Crippen LogP contribution in [0.5, 0.6) is 0 Å². The van der Waals surface area contributed by atoms with E-state index in [1.807, 2.05) is 20.9 Å². The number of carbonyl (C=O) groups excluding carboxylic acids is 2. The smallest absolute Gasteiger partial charge is 0.311 e. The molecule has 0 aromatic carbocycles. The SMILES string of the molecule is CNCC(C)(C)CNC(=O)C(=O)N(C)C. The predicted molar refractivity (Wildman–Crippen MR) is 59.4 cm³/mol. The number of amides is 2. The van der Waals surface area contributed by atoms with Crippen molar-refractivity contribution in [1.29, 1.82) is 0 Å².